The maximum Gasteiger partial charge on any atom is 0.123 e. The maximum atomic E-state index is 5.28. The molecule has 0 N–H and O–H groups in total. The van der Waals surface area contributed by atoms with Gasteiger partial charge in [0.2, 0.25) is 0 Å². The lowest BCUT2D eigenvalue weighted by atomic mass is 9.99. The second-order valence-corrected chi connectivity index (χ2v) is 3.53. The lowest BCUT2D eigenvalue weighted by Crippen LogP contribution is -2.21. The Morgan fingerprint density at radius 3 is 2.50 bits per heavy atom. The van der Waals surface area contributed by atoms with E-state index in [2.05, 4.69) is 6.58 Å². The minimum atomic E-state index is -0.426. The highest BCUT2D eigenvalue weighted by molar-refractivity contribution is 5.20. The van der Waals surface area contributed by atoms with Crippen molar-refractivity contribution in [2.75, 3.05) is 6.61 Å². The van der Waals surface area contributed by atoms with E-state index >= 15 is 0 Å². The molecule has 0 bridgehead atoms. The first-order valence-electron chi connectivity index (χ1n) is 4.64. The van der Waals surface area contributed by atoms with Gasteiger partial charge in [0.1, 0.15) is 12.2 Å². The van der Waals surface area contributed by atoms with Crippen LogP contribution in [0.2, 0.25) is 0 Å². The number of benzene rings is 1. The zero-order chi connectivity index (χ0) is 10.4. The van der Waals surface area contributed by atoms with Gasteiger partial charge in [-0.05, 0) is 19.4 Å². The Balaban J connectivity index is 2.61. The fourth-order valence-electron chi connectivity index (χ4n) is 1.12. The van der Waals surface area contributed by atoms with E-state index in [1.165, 1.54) is 0 Å². The third-order valence-electron chi connectivity index (χ3n) is 1.92. The highest BCUT2D eigenvalue weighted by Crippen LogP contribution is 2.24. The van der Waals surface area contributed by atoms with Crippen LogP contribution in [0.3, 0.4) is 0 Å². The Hall–Kier alpha value is -1.12. The summed E-state index contributed by atoms with van der Waals surface area (Å²) in [4.78, 5) is 10.3. The lowest BCUT2D eigenvalue weighted by molar-refractivity contribution is -0.351. The molecule has 0 heterocycles. The van der Waals surface area contributed by atoms with Crippen molar-refractivity contribution < 1.29 is 9.78 Å². The van der Waals surface area contributed by atoms with Crippen LogP contribution in [-0.2, 0) is 15.4 Å². The quantitative estimate of drug-likeness (QED) is 0.309. The lowest BCUT2D eigenvalue weighted by Gasteiger charge is -2.23. The summed E-state index contributed by atoms with van der Waals surface area (Å²) in [6.45, 7) is 7.87. The average molecular weight is 192 g/mol. The van der Waals surface area contributed by atoms with Gasteiger partial charge < -0.3 is 0 Å². The second-order valence-electron chi connectivity index (χ2n) is 3.53. The number of hydrogen-bond donors (Lipinski definition) is 0. The van der Waals surface area contributed by atoms with Crippen LogP contribution >= 0.6 is 0 Å². The van der Waals surface area contributed by atoms with Crippen LogP contribution in [0.25, 0.3) is 0 Å². The standard InChI is InChI=1S/C12H16O2/c1-4-10-13-14-12(2,3)11-8-6-5-7-9-11/h4-9H,1,10H2,2-3H3. The molecule has 0 spiro atoms. The normalized spacial score (nSPS) is 11.3. The molecule has 2 nitrogen and oxygen atoms in total. The second kappa shape index (κ2) is 4.94. The van der Waals surface area contributed by atoms with Crippen molar-refractivity contribution in [3.8, 4) is 0 Å². The van der Waals surface area contributed by atoms with Crippen LogP contribution in [0, 0.1) is 0 Å². The Bertz CT molecular complexity index is 278. The molecule has 1 aromatic rings. The molecule has 0 aromatic heterocycles. The topological polar surface area (TPSA) is 18.5 Å². The molecule has 2 heteroatoms. The minimum Gasteiger partial charge on any atom is -0.232 e. The van der Waals surface area contributed by atoms with E-state index < -0.39 is 5.60 Å². The Kier molecular flexibility index (Phi) is 3.86. The van der Waals surface area contributed by atoms with Crippen LogP contribution in [0.5, 0.6) is 0 Å². The van der Waals surface area contributed by atoms with Gasteiger partial charge >= 0.3 is 0 Å². The summed E-state index contributed by atoms with van der Waals surface area (Å²) >= 11 is 0. The average Bonchev–Trinajstić information content (AvgIpc) is 2.19. The highest BCUT2D eigenvalue weighted by Gasteiger charge is 2.21. The summed E-state index contributed by atoms with van der Waals surface area (Å²) in [5, 5.41) is 0. The molecule has 0 unspecified atom stereocenters. The molecule has 0 atom stereocenters. The molecule has 0 radical (unpaired) electrons. The van der Waals surface area contributed by atoms with E-state index in [0.717, 1.165) is 5.56 Å². The maximum absolute atomic E-state index is 5.28. The van der Waals surface area contributed by atoms with Gasteiger partial charge in [0, 0.05) is 0 Å². The van der Waals surface area contributed by atoms with Gasteiger partial charge in [0.25, 0.3) is 0 Å². The zero-order valence-corrected chi connectivity index (χ0v) is 8.69. The summed E-state index contributed by atoms with van der Waals surface area (Å²) in [5.74, 6) is 0. The Morgan fingerprint density at radius 1 is 1.29 bits per heavy atom. The molecule has 0 saturated heterocycles. The Morgan fingerprint density at radius 2 is 1.93 bits per heavy atom. The smallest absolute Gasteiger partial charge is 0.123 e. The minimum absolute atomic E-state index is 0.399. The SMILES string of the molecule is C=CCOOC(C)(C)c1ccccc1. The summed E-state index contributed by atoms with van der Waals surface area (Å²) < 4.78 is 0. The van der Waals surface area contributed by atoms with Gasteiger partial charge in [-0.3, -0.25) is 0 Å². The third kappa shape index (κ3) is 2.98. The molecule has 0 amide bonds. The van der Waals surface area contributed by atoms with Crippen molar-refractivity contribution in [2.45, 2.75) is 19.4 Å². The predicted octanol–water partition coefficient (Wildman–Crippen LogP) is 3.06. The van der Waals surface area contributed by atoms with Crippen LogP contribution in [0.1, 0.15) is 19.4 Å². The fraction of sp³-hybridized carbons (Fsp3) is 0.333. The number of rotatable bonds is 5. The first kappa shape index (κ1) is 11.0. The van der Waals surface area contributed by atoms with Gasteiger partial charge in [0.15, 0.2) is 0 Å². The molecule has 0 aliphatic rings. The summed E-state index contributed by atoms with van der Waals surface area (Å²) in [6.07, 6.45) is 1.65. The van der Waals surface area contributed by atoms with E-state index in [1.807, 2.05) is 44.2 Å². The molecule has 76 valence electrons. The van der Waals surface area contributed by atoms with E-state index in [4.69, 9.17) is 9.78 Å². The highest BCUT2D eigenvalue weighted by atomic mass is 17.2. The van der Waals surface area contributed by atoms with E-state index in [1.54, 1.807) is 6.08 Å². The molecular weight excluding hydrogens is 176 g/mol. The van der Waals surface area contributed by atoms with Crippen LogP contribution in [-0.4, -0.2) is 6.61 Å². The van der Waals surface area contributed by atoms with E-state index in [0.29, 0.717) is 6.61 Å². The largest absolute Gasteiger partial charge is 0.232 e. The molecule has 0 fully saturated rings. The van der Waals surface area contributed by atoms with Crippen LogP contribution in [0.15, 0.2) is 43.0 Å². The van der Waals surface area contributed by atoms with Gasteiger partial charge in [-0.1, -0.05) is 36.4 Å². The van der Waals surface area contributed by atoms with Crippen molar-refractivity contribution in [1.29, 1.82) is 0 Å². The molecule has 14 heavy (non-hydrogen) atoms. The van der Waals surface area contributed by atoms with Crippen molar-refractivity contribution in [3.05, 3.63) is 48.6 Å². The molecule has 0 aliphatic heterocycles. The fourth-order valence-corrected chi connectivity index (χ4v) is 1.12. The summed E-state index contributed by atoms with van der Waals surface area (Å²) in [6, 6.07) is 9.96. The molecule has 1 aromatic carbocycles. The third-order valence-corrected chi connectivity index (χ3v) is 1.92. The van der Waals surface area contributed by atoms with E-state index in [9.17, 15) is 0 Å². The monoisotopic (exact) mass is 192 g/mol. The van der Waals surface area contributed by atoms with Crippen LogP contribution in [0.4, 0.5) is 0 Å². The molecule has 0 aliphatic carbocycles. The van der Waals surface area contributed by atoms with Gasteiger partial charge in [-0.15, -0.1) is 6.58 Å². The molecular formula is C12H16O2. The van der Waals surface area contributed by atoms with Crippen molar-refractivity contribution in [3.63, 3.8) is 0 Å². The van der Waals surface area contributed by atoms with Gasteiger partial charge in [0.05, 0.1) is 0 Å². The molecule has 1 rings (SSSR count). The van der Waals surface area contributed by atoms with Gasteiger partial charge in [-0.2, -0.15) is 0 Å². The first-order valence-corrected chi connectivity index (χ1v) is 4.64. The Labute approximate surface area is 85.1 Å². The number of hydrogen-bond acceptors (Lipinski definition) is 2. The van der Waals surface area contributed by atoms with Crippen LogP contribution < -0.4 is 0 Å². The van der Waals surface area contributed by atoms with Gasteiger partial charge in [-0.25, -0.2) is 9.78 Å². The first-order chi connectivity index (χ1) is 6.67. The van der Waals surface area contributed by atoms with E-state index in [-0.39, 0.29) is 0 Å². The van der Waals surface area contributed by atoms with Crippen molar-refractivity contribution in [2.24, 2.45) is 0 Å². The molecule has 0 saturated carbocycles. The zero-order valence-electron chi connectivity index (χ0n) is 8.69. The van der Waals surface area contributed by atoms with Crippen molar-refractivity contribution in [1.82, 2.24) is 0 Å². The summed E-state index contributed by atoms with van der Waals surface area (Å²) in [7, 11) is 0. The summed E-state index contributed by atoms with van der Waals surface area (Å²) in [5.41, 5.74) is 0.661. The van der Waals surface area contributed by atoms with Crippen molar-refractivity contribution >= 4 is 0 Å². The predicted molar refractivity (Wildman–Crippen MR) is 56.7 cm³/mol.